The van der Waals surface area contributed by atoms with Crippen molar-refractivity contribution >= 4 is 0 Å². The van der Waals surface area contributed by atoms with E-state index in [1.54, 1.807) is 13.8 Å². The number of nitrogens with two attached hydrogens (primary N) is 1. The lowest BCUT2D eigenvalue weighted by atomic mass is 9.72. The van der Waals surface area contributed by atoms with Gasteiger partial charge in [-0.15, -0.1) is 0 Å². The Labute approximate surface area is 172 Å². The van der Waals surface area contributed by atoms with E-state index in [-0.39, 0.29) is 5.41 Å². The van der Waals surface area contributed by atoms with Crippen molar-refractivity contribution < 1.29 is 14.6 Å². The minimum atomic E-state index is -0.949. The van der Waals surface area contributed by atoms with Crippen molar-refractivity contribution in [2.75, 3.05) is 13.2 Å². The van der Waals surface area contributed by atoms with Gasteiger partial charge in [-0.1, -0.05) is 26.8 Å². The molecule has 0 radical (unpaired) electrons. The smallest absolute Gasteiger partial charge is 0.132 e. The number of ether oxygens (including phenoxy) is 2. The maximum absolute atomic E-state index is 10.5. The van der Waals surface area contributed by atoms with Crippen LogP contribution in [-0.4, -0.2) is 18.3 Å². The minimum absolute atomic E-state index is 0.0670. The summed E-state index contributed by atoms with van der Waals surface area (Å²) in [6, 6.07) is 11.8. The highest BCUT2D eigenvalue weighted by Gasteiger charge is 2.44. The first-order valence-corrected chi connectivity index (χ1v) is 10.0. The number of fused-ring (bicyclic) bond motifs is 4. The first kappa shape index (κ1) is 19.6. The zero-order valence-electron chi connectivity index (χ0n) is 17.8. The molecular weight excluding hydrogens is 364 g/mol. The number of hydrogen-bond donors (Lipinski definition) is 3. The topological polar surface area (TPSA) is 76.7 Å². The number of benzene rings is 2. The Kier molecular flexibility index (Phi) is 4.35. The number of rotatable bonds is 3. The largest absolute Gasteiger partial charge is 0.493 e. The molecule has 0 amide bonds. The van der Waals surface area contributed by atoms with Gasteiger partial charge in [0.1, 0.15) is 17.2 Å². The Morgan fingerprint density at radius 3 is 2.31 bits per heavy atom. The van der Waals surface area contributed by atoms with Crippen LogP contribution in [0.25, 0.3) is 0 Å². The van der Waals surface area contributed by atoms with E-state index in [0.717, 1.165) is 33.9 Å². The van der Waals surface area contributed by atoms with Crippen molar-refractivity contribution in [3.05, 3.63) is 65.0 Å². The van der Waals surface area contributed by atoms with Gasteiger partial charge in [-0.2, -0.15) is 0 Å². The third-order valence-corrected chi connectivity index (χ3v) is 5.46. The van der Waals surface area contributed by atoms with Gasteiger partial charge in [-0.25, -0.2) is 0 Å². The van der Waals surface area contributed by atoms with Crippen LogP contribution in [0.5, 0.6) is 17.2 Å². The predicted octanol–water partition coefficient (Wildman–Crippen LogP) is 4.13. The first-order chi connectivity index (χ1) is 13.5. The highest BCUT2D eigenvalue weighted by atomic mass is 16.5. The standard InChI is InChI=1S/C24H30N2O3/c1-22(2,3)14-28-16-7-9-20-18(11-16)24(12-21(25)26-13-24)17-10-15(23(4,5)27)6-8-19(17)29-20/h6-12,26-27H,13-14,25H2,1-5H3/t24-/m0/s1. The predicted molar refractivity (Wildman–Crippen MR) is 114 cm³/mol. The van der Waals surface area contributed by atoms with Gasteiger partial charge in [0.15, 0.2) is 0 Å². The molecule has 0 fully saturated rings. The molecule has 2 heterocycles. The van der Waals surface area contributed by atoms with Gasteiger partial charge in [0, 0.05) is 17.7 Å². The van der Waals surface area contributed by atoms with Crippen molar-refractivity contribution in [3.8, 4) is 17.2 Å². The lowest BCUT2D eigenvalue weighted by Crippen LogP contribution is -2.35. The summed E-state index contributed by atoms with van der Waals surface area (Å²) in [7, 11) is 0. The molecule has 5 heteroatoms. The highest BCUT2D eigenvalue weighted by Crippen LogP contribution is 2.52. The van der Waals surface area contributed by atoms with Gasteiger partial charge in [-0.3, -0.25) is 0 Å². The summed E-state index contributed by atoms with van der Waals surface area (Å²) in [6.45, 7) is 11.3. The molecule has 1 spiro atoms. The lowest BCUT2D eigenvalue weighted by molar-refractivity contribution is 0.0784. The van der Waals surface area contributed by atoms with E-state index in [4.69, 9.17) is 15.2 Å². The van der Waals surface area contributed by atoms with E-state index in [0.29, 0.717) is 19.0 Å². The average molecular weight is 395 g/mol. The van der Waals surface area contributed by atoms with Crippen LogP contribution in [0, 0.1) is 5.41 Å². The van der Waals surface area contributed by atoms with Gasteiger partial charge in [-0.05, 0) is 61.2 Å². The van der Waals surface area contributed by atoms with Crippen LogP contribution in [0.4, 0.5) is 0 Å². The van der Waals surface area contributed by atoms with E-state index in [1.807, 2.05) is 30.3 Å². The van der Waals surface area contributed by atoms with Crippen molar-refractivity contribution in [3.63, 3.8) is 0 Å². The van der Waals surface area contributed by atoms with Crippen molar-refractivity contribution in [2.45, 2.75) is 45.6 Å². The van der Waals surface area contributed by atoms with Gasteiger partial charge >= 0.3 is 0 Å². The van der Waals surface area contributed by atoms with Gasteiger partial charge in [0.2, 0.25) is 0 Å². The van der Waals surface area contributed by atoms with Crippen LogP contribution >= 0.6 is 0 Å². The molecule has 0 aromatic heterocycles. The van der Waals surface area contributed by atoms with Crippen LogP contribution in [0.2, 0.25) is 0 Å². The second-order valence-corrected chi connectivity index (χ2v) is 9.80. The minimum Gasteiger partial charge on any atom is -0.493 e. The highest BCUT2D eigenvalue weighted by molar-refractivity contribution is 5.64. The molecule has 0 aliphatic carbocycles. The van der Waals surface area contributed by atoms with E-state index < -0.39 is 11.0 Å². The normalized spacial score (nSPS) is 20.4. The summed E-state index contributed by atoms with van der Waals surface area (Å²) in [5.41, 5.74) is 7.64. The Morgan fingerprint density at radius 2 is 1.72 bits per heavy atom. The van der Waals surface area contributed by atoms with Crippen LogP contribution < -0.4 is 20.5 Å². The number of hydrogen-bond acceptors (Lipinski definition) is 5. The fourth-order valence-corrected chi connectivity index (χ4v) is 3.90. The van der Waals surface area contributed by atoms with E-state index in [1.165, 1.54) is 0 Å². The van der Waals surface area contributed by atoms with Gasteiger partial charge in [0.25, 0.3) is 0 Å². The molecule has 0 unspecified atom stereocenters. The molecule has 2 aliphatic heterocycles. The summed E-state index contributed by atoms with van der Waals surface area (Å²) in [4.78, 5) is 0. The second kappa shape index (κ2) is 6.42. The molecule has 2 aromatic carbocycles. The molecule has 2 aliphatic rings. The van der Waals surface area contributed by atoms with Crippen molar-refractivity contribution in [1.82, 2.24) is 5.32 Å². The summed E-state index contributed by atoms with van der Waals surface area (Å²) in [6.07, 6.45) is 2.05. The Bertz CT molecular complexity index is 983. The fourth-order valence-electron chi connectivity index (χ4n) is 3.90. The molecule has 0 bridgehead atoms. The number of aliphatic hydroxyl groups is 1. The molecule has 5 nitrogen and oxygen atoms in total. The van der Waals surface area contributed by atoms with Crippen molar-refractivity contribution in [2.24, 2.45) is 11.1 Å². The molecule has 2 aromatic rings. The molecule has 29 heavy (non-hydrogen) atoms. The third kappa shape index (κ3) is 3.55. The van der Waals surface area contributed by atoms with Gasteiger partial charge < -0.3 is 25.6 Å². The Balaban J connectivity index is 1.84. The second-order valence-electron chi connectivity index (χ2n) is 9.80. The summed E-state index contributed by atoms with van der Waals surface area (Å²) >= 11 is 0. The van der Waals surface area contributed by atoms with E-state index >= 15 is 0 Å². The molecule has 4 N–H and O–H groups in total. The number of nitrogens with one attached hydrogen (secondary N) is 1. The van der Waals surface area contributed by atoms with Gasteiger partial charge in [0.05, 0.1) is 23.4 Å². The summed E-state index contributed by atoms with van der Waals surface area (Å²) in [5.74, 6) is 3.02. The van der Waals surface area contributed by atoms with Crippen LogP contribution in [-0.2, 0) is 11.0 Å². The first-order valence-electron chi connectivity index (χ1n) is 10.0. The van der Waals surface area contributed by atoms with Crippen molar-refractivity contribution in [1.29, 1.82) is 0 Å². The molecular formula is C24H30N2O3. The van der Waals surface area contributed by atoms with Crippen LogP contribution in [0.1, 0.15) is 51.3 Å². The third-order valence-electron chi connectivity index (χ3n) is 5.46. The van der Waals surface area contributed by atoms with E-state index in [2.05, 4.69) is 38.2 Å². The summed E-state index contributed by atoms with van der Waals surface area (Å²) < 4.78 is 12.3. The summed E-state index contributed by atoms with van der Waals surface area (Å²) in [5, 5.41) is 13.8. The zero-order chi connectivity index (χ0) is 21.0. The van der Waals surface area contributed by atoms with E-state index in [9.17, 15) is 5.11 Å². The quantitative estimate of drug-likeness (QED) is 0.730. The average Bonchev–Trinajstić information content (AvgIpc) is 3.01. The fraction of sp³-hybridized carbons (Fsp3) is 0.417. The lowest BCUT2D eigenvalue weighted by Gasteiger charge is -2.36. The molecule has 0 saturated carbocycles. The maximum atomic E-state index is 10.5. The molecule has 4 rings (SSSR count). The zero-order valence-corrected chi connectivity index (χ0v) is 17.8. The maximum Gasteiger partial charge on any atom is 0.132 e. The Hall–Kier alpha value is -2.66. The molecule has 154 valence electrons. The SMILES string of the molecule is CC(C)(C)COc1ccc2c(c1)[C@]1(C=C(N)NC1)c1cc(C(C)(C)O)ccc1O2. The Morgan fingerprint density at radius 1 is 1.07 bits per heavy atom. The van der Waals surface area contributed by atoms with Crippen LogP contribution in [0.3, 0.4) is 0 Å². The monoisotopic (exact) mass is 394 g/mol. The molecule has 0 saturated heterocycles. The molecule has 1 atom stereocenters. The van der Waals surface area contributed by atoms with Crippen LogP contribution in [0.15, 0.2) is 48.3 Å².